The topological polar surface area (TPSA) is 195 Å². The zero-order valence-electron chi connectivity index (χ0n) is 41.3. The highest BCUT2D eigenvalue weighted by Gasteiger charge is 2.53. The molecule has 2 bridgehead atoms. The average Bonchev–Trinajstić information content (AvgIpc) is 3.30. The van der Waals surface area contributed by atoms with Crippen molar-refractivity contribution in [2.24, 2.45) is 35.5 Å². The Kier molecular flexibility index (Phi) is 21.6. The highest BCUT2D eigenvalue weighted by molar-refractivity contribution is 6.39. The second-order valence-corrected chi connectivity index (χ2v) is 19.8. The van der Waals surface area contributed by atoms with Crippen LogP contribution in [0.25, 0.3) is 0 Å². The SMILES string of the molecule is CC[C@@H]1/C=C(/C)[C@@H](O)[C@@H](OC)C(=O)[C@H](C)C[C@H](C)/C=C/C=CC=C(C)[C@@H](OC)C[C@@H]2CC[C@@H](C)[C@](O)(O2)C(=O)C(=O)N2CCCCC2C(=O)O[C@H]([C@H](C)C[C@@H]2CC[C@@H](O)[C@H](OC)C2)CC1=O. The van der Waals surface area contributed by atoms with E-state index in [-0.39, 0.29) is 54.8 Å². The number of ketones is 3. The lowest BCUT2D eigenvalue weighted by Gasteiger charge is -2.42. The molecular weight excluding hydrogens is 847 g/mol. The summed E-state index contributed by atoms with van der Waals surface area (Å²) in [6, 6.07) is -1.14. The molecule has 0 spiro atoms. The molecule has 4 aliphatic rings. The first kappa shape index (κ1) is 55.2. The van der Waals surface area contributed by atoms with Crippen molar-refractivity contribution in [1.29, 1.82) is 0 Å². The summed E-state index contributed by atoms with van der Waals surface area (Å²) in [5.41, 5.74) is 1.29. The number of carbonyl (C=O) groups is 5. The standard InChI is InChI=1S/C52H81NO13/c1-11-38-27-35(6)47(57)48(64-10)46(56)34(5)25-31(2)17-13-12-14-18-32(3)43(62-8)29-39-22-20-36(7)52(61,66-39)49(58)50(59)53-24-16-15-19-40(53)51(60)65-44(30-42(38)55)33(4)26-37-21-23-41(54)45(28-37)63-9/h12-14,17-18,27,31,33-34,36-41,43-45,47-48,54,57,61H,11,15-16,19-26,28-30H2,1-10H3/b14-12?,17-13+,32-18?,35-27-/t31-,33-,34-,36-,37+,38-,39+,40?,41-,43+,44+,45-,47-,48+,52+/m1/s1. The van der Waals surface area contributed by atoms with Gasteiger partial charge in [0, 0.05) is 58.5 Å². The number of hydrogen-bond acceptors (Lipinski definition) is 13. The van der Waals surface area contributed by atoms with Crippen LogP contribution in [0.2, 0.25) is 0 Å². The molecule has 3 N–H and O–H groups in total. The summed E-state index contributed by atoms with van der Waals surface area (Å²) in [7, 11) is 4.53. The second-order valence-electron chi connectivity index (χ2n) is 19.8. The molecule has 1 unspecified atom stereocenters. The fourth-order valence-electron chi connectivity index (χ4n) is 10.4. The van der Waals surface area contributed by atoms with Crippen LogP contribution in [0.1, 0.15) is 132 Å². The Balaban J connectivity index is 1.72. The number of Topliss-reactive ketones (excluding diaryl/α,β-unsaturated/α-hetero) is 3. The van der Waals surface area contributed by atoms with Crippen LogP contribution in [-0.2, 0) is 47.7 Å². The maximum absolute atomic E-state index is 14.4. The Labute approximate surface area is 393 Å². The van der Waals surface area contributed by atoms with Crippen LogP contribution in [-0.4, -0.2) is 132 Å². The van der Waals surface area contributed by atoms with Crippen molar-refractivity contribution < 1.29 is 63.0 Å². The van der Waals surface area contributed by atoms with Crippen LogP contribution in [0.4, 0.5) is 0 Å². The quantitative estimate of drug-likeness (QED) is 0.141. The number of allylic oxidation sites excluding steroid dienone is 6. The summed E-state index contributed by atoms with van der Waals surface area (Å²) in [5, 5.41) is 34.0. The molecule has 14 nitrogen and oxygen atoms in total. The van der Waals surface area contributed by atoms with Gasteiger partial charge in [-0.3, -0.25) is 19.2 Å². The van der Waals surface area contributed by atoms with Crippen LogP contribution < -0.4 is 0 Å². The highest BCUT2D eigenvalue weighted by atomic mass is 16.6. The maximum Gasteiger partial charge on any atom is 0.329 e. The van der Waals surface area contributed by atoms with Gasteiger partial charge in [0.15, 0.2) is 5.78 Å². The lowest BCUT2D eigenvalue weighted by molar-refractivity contribution is -0.265. The molecule has 3 heterocycles. The van der Waals surface area contributed by atoms with Gasteiger partial charge < -0.3 is 43.9 Å². The summed E-state index contributed by atoms with van der Waals surface area (Å²) < 4.78 is 29.5. The fourth-order valence-corrected chi connectivity index (χ4v) is 10.4. The molecule has 3 aliphatic heterocycles. The molecule has 66 heavy (non-hydrogen) atoms. The number of aliphatic hydroxyl groups excluding tert-OH is 2. The number of nitrogens with zero attached hydrogens (tertiary/aromatic N) is 1. The first-order valence-electron chi connectivity index (χ1n) is 24.5. The van der Waals surface area contributed by atoms with Crippen molar-refractivity contribution in [2.75, 3.05) is 27.9 Å². The molecule has 0 aromatic carbocycles. The lowest BCUT2D eigenvalue weighted by Crippen LogP contribution is -2.61. The van der Waals surface area contributed by atoms with Gasteiger partial charge in [0.2, 0.25) is 5.79 Å². The molecule has 1 saturated carbocycles. The van der Waals surface area contributed by atoms with Gasteiger partial charge in [-0.25, -0.2) is 4.79 Å². The minimum atomic E-state index is -2.43. The van der Waals surface area contributed by atoms with Crippen molar-refractivity contribution in [2.45, 2.75) is 186 Å². The predicted octanol–water partition coefficient (Wildman–Crippen LogP) is 6.57. The largest absolute Gasteiger partial charge is 0.460 e. The fraction of sp³-hybridized carbons (Fsp3) is 0.750. The van der Waals surface area contributed by atoms with Gasteiger partial charge in [0.1, 0.15) is 30.1 Å². The zero-order valence-corrected chi connectivity index (χ0v) is 41.3. The van der Waals surface area contributed by atoms with Crippen molar-refractivity contribution in [1.82, 2.24) is 4.90 Å². The van der Waals surface area contributed by atoms with E-state index in [2.05, 4.69) is 0 Å². The Morgan fingerprint density at radius 1 is 0.864 bits per heavy atom. The average molecular weight is 928 g/mol. The molecule has 3 fully saturated rings. The monoisotopic (exact) mass is 928 g/mol. The van der Waals surface area contributed by atoms with Gasteiger partial charge in [-0.05, 0) is 113 Å². The number of methoxy groups -OCH3 is 3. The van der Waals surface area contributed by atoms with E-state index in [1.165, 1.54) is 12.0 Å². The van der Waals surface area contributed by atoms with Crippen molar-refractivity contribution in [3.8, 4) is 0 Å². The Bertz CT molecular complexity index is 1770. The van der Waals surface area contributed by atoms with E-state index in [0.29, 0.717) is 69.8 Å². The van der Waals surface area contributed by atoms with E-state index in [1.807, 2.05) is 65.0 Å². The van der Waals surface area contributed by atoms with Gasteiger partial charge in [0.05, 0.1) is 24.4 Å². The smallest absolute Gasteiger partial charge is 0.329 e. The molecule has 372 valence electrons. The summed E-state index contributed by atoms with van der Waals surface area (Å²) in [5.74, 6) is -7.86. The number of amides is 1. The third kappa shape index (κ3) is 14.3. The number of hydrogen-bond donors (Lipinski definition) is 3. The molecule has 14 heteroatoms. The number of fused-ring (bicyclic) bond motifs is 3. The number of esters is 1. The molecule has 0 radical (unpaired) electrons. The number of carbonyl (C=O) groups excluding carboxylic acids is 5. The molecule has 1 aliphatic carbocycles. The summed E-state index contributed by atoms with van der Waals surface area (Å²) in [6.07, 6.45) is 11.6. The van der Waals surface area contributed by atoms with E-state index >= 15 is 0 Å². The highest BCUT2D eigenvalue weighted by Crippen LogP contribution is 2.38. The van der Waals surface area contributed by atoms with Gasteiger partial charge in [0.25, 0.3) is 11.7 Å². The van der Waals surface area contributed by atoms with Crippen LogP contribution in [0.15, 0.2) is 47.6 Å². The Hall–Kier alpha value is -3.37. The van der Waals surface area contributed by atoms with Gasteiger partial charge in [-0.2, -0.15) is 0 Å². The second kappa shape index (κ2) is 25.8. The van der Waals surface area contributed by atoms with Crippen molar-refractivity contribution >= 4 is 29.2 Å². The third-order valence-corrected chi connectivity index (χ3v) is 14.8. The predicted molar refractivity (Wildman–Crippen MR) is 250 cm³/mol. The van der Waals surface area contributed by atoms with Gasteiger partial charge >= 0.3 is 5.97 Å². The number of rotatable bonds is 7. The molecule has 15 atom stereocenters. The number of aliphatic hydroxyl groups is 3. The van der Waals surface area contributed by atoms with Crippen LogP contribution >= 0.6 is 0 Å². The van der Waals surface area contributed by atoms with Crippen molar-refractivity contribution in [3.05, 3.63) is 47.6 Å². The minimum Gasteiger partial charge on any atom is -0.460 e. The number of ether oxygens (including phenoxy) is 5. The van der Waals surface area contributed by atoms with Gasteiger partial charge in [-0.15, -0.1) is 0 Å². The molecule has 2 saturated heterocycles. The lowest BCUT2D eigenvalue weighted by atomic mass is 9.78. The molecule has 4 rings (SSSR count). The molecular formula is C52H81NO13. The third-order valence-electron chi connectivity index (χ3n) is 14.8. The van der Waals surface area contributed by atoms with E-state index in [4.69, 9.17) is 23.7 Å². The van der Waals surface area contributed by atoms with Crippen molar-refractivity contribution in [3.63, 3.8) is 0 Å². The minimum absolute atomic E-state index is 0.0188. The Morgan fingerprint density at radius 2 is 1.59 bits per heavy atom. The summed E-state index contributed by atoms with van der Waals surface area (Å²) >= 11 is 0. The van der Waals surface area contributed by atoms with E-state index in [9.17, 15) is 39.3 Å². The summed E-state index contributed by atoms with van der Waals surface area (Å²) in [4.78, 5) is 72.2. The number of piperidine rings is 1. The molecule has 0 aromatic heterocycles. The normalized spacial score (nSPS) is 38.7. The van der Waals surface area contributed by atoms with E-state index < -0.39 is 83.9 Å². The number of cyclic esters (lactones) is 1. The maximum atomic E-state index is 14.4. The van der Waals surface area contributed by atoms with Gasteiger partial charge in [-0.1, -0.05) is 71.1 Å². The Morgan fingerprint density at radius 3 is 2.26 bits per heavy atom. The molecule has 1 amide bonds. The zero-order chi connectivity index (χ0) is 48.9. The first-order valence-corrected chi connectivity index (χ1v) is 24.5. The van der Waals surface area contributed by atoms with Crippen LogP contribution in [0, 0.1) is 35.5 Å². The van der Waals surface area contributed by atoms with Crippen LogP contribution in [0.5, 0.6) is 0 Å². The van der Waals surface area contributed by atoms with E-state index in [1.54, 1.807) is 34.1 Å². The first-order chi connectivity index (χ1) is 31.3. The van der Waals surface area contributed by atoms with E-state index in [0.717, 1.165) is 12.0 Å². The molecule has 0 aromatic rings. The summed E-state index contributed by atoms with van der Waals surface area (Å²) in [6.45, 7) is 12.9. The van der Waals surface area contributed by atoms with Crippen LogP contribution in [0.3, 0.4) is 0 Å².